The van der Waals surface area contributed by atoms with E-state index in [4.69, 9.17) is 4.84 Å². The van der Waals surface area contributed by atoms with Crippen molar-refractivity contribution in [3.05, 3.63) is 78.4 Å². The molecule has 3 rings (SSSR count). The molecule has 0 aliphatic carbocycles. The van der Waals surface area contributed by atoms with E-state index in [2.05, 4.69) is 68.7 Å². The molecule has 3 heteroatoms. The average Bonchev–Trinajstić information content (AvgIpc) is 2.72. The summed E-state index contributed by atoms with van der Waals surface area (Å²) in [7, 11) is 0. The van der Waals surface area contributed by atoms with Crippen LogP contribution in [0.1, 0.15) is 40.2 Å². The zero-order chi connectivity index (χ0) is 21.1. The summed E-state index contributed by atoms with van der Waals surface area (Å²) in [5.41, 5.74) is 9.53. The van der Waals surface area contributed by atoms with Crippen LogP contribution in [0.25, 0.3) is 22.3 Å². The monoisotopic (exact) mass is 383 g/mol. The van der Waals surface area contributed by atoms with E-state index in [1.165, 1.54) is 0 Å². The lowest BCUT2D eigenvalue weighted by Crippen LogP contribution is -2.26. The molecule has 0 aliphatic rings. The molecule has 0 saturated heterocycles. The maximum absolute atomic E-state index is 9.35. The van der Waals surface area contributed by atoms with E-state index in [0.29, 0.717) is 0 Å². The quantitative estimate of drug-likeness (QED) is 0.455. The Labute approximate surface area is 173 Å². The van der Waals surface area contributed by atoms with E-state index in [9.17, 15) is 5.26 Å². The molecule has 0 N–H and O–H groups in total. The van der Waals surface area contributed by atoms with E-state index in [1.54, 1.807) is 13.8 Å². The summed E-state index contributed by atoms with van der Waals surface area (Å²) in [6.45, 7) is 9.93. The molecule has 0 fully saturated rings. The van der Waals surface area contributed by atoms with E-state index < -0.39 is 5.60 Å². The minimum atomic E-state index is -0.999. The van der Waals surface area contributed by atoms with Gasteiger partial charge in [-0.15, -0.1) is 5.48 Å². The second-order valence-electron chi connectivity index (χ2n) is 8.71. The van der Waals surface area contributed by atoms with Crippen LogP contribution in [-0.4, -0.2) is 5.60 Å². The molecule has 3 aromatic rings. The van der Waals surface area contributed by atoms with Gasteiger partial charge in [-0.3, -0.25) is 0 Å². The molecular weight excluding hydrogens is 356 g/mol. The Bertz CT molecular complexity index is 1010. The predicted octanol–water partition coefficient (Wildman–Crippen LogP) is 6.79. The summed E-state index contributed by atoms with van der Waals surface area (Å²) in [6.07, 6.45) is 0. The highest BCUT2D eigenvalue weighted by Crippen LogP contribution is 2.41. The van der Waals surface area contributed by atoms with Crippen LogP contribution in [0.15, 0.2) is 72.8 Å². The van der Waals surface area contributed by atoms with Crippen molar-refractivity contribution in [3.8, 4) is 28.3 Å². The summed E-state index contributed by atoms with van der Waals surface area (Å²) in [5.74, 6) is 0. The highest BCUT2D eigenvalue weighted by atomic mass is 16.7. The maximum Gasteiger partial charge on any atom is 0.178 e. The van der Waals surface area contributed by atoms with Gasteiger partial charge in [0.15, 0.2) is 5.60 Å². The zero-order valence-corrected chi connectivity index (χ0v) is 17.7. The van der Waals surface area contributed by atoms with Gasteiger partial charge in [0, 0.05) is 5.56 Å². The smallest absolute Gasteiger partial charge is 0.178 e. The SMILES string of the molecule is CC(C)(C#N)O[N]c1c(-c2ccccc2)cc(-c2ccccc2)cc1C(C)(C)C. The van der Waals surface area contributed by atoms with Gasteiger partial charge in [-0.1, -0.05) is 81.4 Å². The fraction of sp³-hybridized carbons (Fsp3) is 0.269. The Morgan fingerprint density at radius 1 is 0.759 bits per heavy atom. The molecule has 1 radical (unpaired) electrons. The molecule has 0 unspecified atom stereocenters. The number of nitriles is 1. The van der Waals surface area contributed by atoms with Crippen molar-refractivity contribution in [2.75, 3.05) is 0 Å². The predicted molar refractivity (Wildman–Crippen MR) is 119 cm³/mol. The van der Waals surface area contributed by atoms with Gasteiger partial charge in [0.2, 0.25) is 0 Å². The molecule has 0 aromatic heterocycles. The minimum Gasteiger partial charge on any atom is -0.230 e. The van der Waals surface area contributed by atoms with Gasteiger partial charge in [0.25, 0.3) is 0 Å². The van der Waals surface area contributed by atoms with Crippen LogP contribution in [-0.2, 0) is 10.3 Å². The first-order chi connectivity index (χ1) is 13.7. The number of rotatable bonds is 5. The van der Waals surface area contributed by atoms with Crippen LogP contribution in [0.2, 0.25) is 0 Å². The van der Waals surface area contributed by atoms with Gasteiger partial charge in [-0.25, -0.2) is 4.84 Å². The molecule has 0 heterocycles. The summed E-state index contributed by atoms with van der Waals surface area (Å²) in [5, 5.41) is 9.35. The minimum absolute atomic E-state index is 0.159. The molecule has 0 amide bonds. The second kappa shape index (κ2) is 8.11. The molecule has 3 nitrogen and oxygen atoms in total. The first-order valence-corrected chi connectivity index (χ1v) is 9.81. The van der Waals surface area contributed by atoms with Crippen molar-refractivity contribution >= 4 is 5.69 Å². The molecule has 147 valence electrons. The van der Waals surface area contributed by atoms with Crippen molar-refractivity contribution in [2.45, 2.75) is 45.6 Å². The highest BCUT2D eigenvalue weighted by molar-refractivity contribution is 5.84. The number of hydrogen-bond donors (Lipinski definition) is 0. The molecule has 0 spiro atoms. The van der Waals surface area contributed by atoms with Gasteiger partial charge in [0.1, 0.15) is 5.69 Å². The Kier molecular flexibility index (Phi) is 5.77. The lowest BCUT2D eigenvalue weighted by molar-refractivity contribution is -0.0298. The van der Waals surface area contributed by atoms with Gasteiger partial charge >= 0.3 is 0 Å². The first kappa shape index (κ1) is 20.6. The maximum atomic E-state index is 9.35. The average molecular weight is 384 g/mol. The number of nitrogens with zero attached hydrogens (tertiary/aromatic N) is 2. The van der Waals surface area contributed by atoms with Gasteiger partial charge < -0.3 is 0 Å². The Hall–Kier alpha value is -3.09. The third-order valence-electron chi connectivity index (χ3n) is 4.74. The summed E-state index contributed by atoms with van der Waals surface area (Å²) in [4.78, 5) is 5.67. The Balaban J connectivity index is 2.25. The molecule has 0 saturated carbocycles. The van der Waals surface area contributed by atoms with Crippen LogP contribution in [0.5, 0.6) is 0 Å². The van der Waals surface area contributed by atoms with Crippen molar-refractivity contribution in [2.24, 2.45) is 0 Å². The normalized spacial score (nSPS) is 11.7. The second-order valence-corrected chi connectivity index (χ2v) is 8.71. The fourth-order valence-corrected chi connectivity index (χ4v) is 3.12. The van der Waals surface area contributed by atoms with E-state index in [0.717, 1.165) is 33.5 Å². The van der Waals surface area contributed by atoms with Crippen molar-refractivity contribution < 1.29 is 4.84 Å². The third-order valence-corrected chi connectivity index (χ3v) is 4.74. The fourth-order valence-electron chi connectivity index (χ4n) is 3.12. The summed E-state index contributed by atoms with van der Waals surface area (Å²) >= 11 is 0. The third kappa shape index (κ3) is 4.85. The Morgan fingerprint density at radius 3 is 1.83 bits per heavy atom. The van der Waals surface area contributed by atoms with Gasteiger partial charge in [-0.2, -0.15) is 5.26 Å². The van der Waals surface area contributed by atoms with Crippen molar-refractivity contribution in [1.29, 1.82) is 5.26 Å². The molecule has 0 atom stereocenters. The molecular formula is C26H27N2O. The standard InChI is InChI=1S/C26H27N2O/c1-25(2,3)23-17-21(19-12-8-6-9-13-19)16-22(20-14-10-7-11-15-20)24(23)28-29-26(4,5)18-27/h6-17H,1-5H3. The van der Waals surface area contributed by atoms with Crippen LogP contribution >= 0.6 is 0 Å². The molecule has 0 aliphatic heterocycles. The molecule has 3 aromatic carbocycles. The summed E-state index contributed by atoms with van der Waals surface area (Å²) in [6, 6.07) is 27.0. The lowest BCUT2D eigenvalue weighted by Gasteiger charge is -2.27. The highest BCUT2D eigenvalue weighted by Gasteiger charge is 2.26. The lowest BCUT2D eigenvalue weighted by atomic mass is 9.81. The van der Waals surface area contributed by atoms with E-state index in [-0.39, 0.29) is 5.41 Å². The Morgan fingerprint density at radius 2 is 1.31 bits per heavy atom. The largest absolute Gasteiger partial charge is 0.230 e. The zero-order valence-electron chi connectivity index (χ0n) is 17.7. The van der Waals surface area contributed by atoms with E-state index in [1.807, 2.05) is 36.4 Å². The number of benzene rings is 3. The molecule has 29 heavy (non-hydrogen) atoms. The topological polar surface area (TPSA) is 47.1 Å². The van der Waals surface area contributed by atoms with Crippen LogP contribution in [0.3, 0.4) is 0 Å². The van der Waals surface area contributed by atoms with Crippen molar-refractivity contribution in [3.63, 3.8) is 0 Å². The number of hydrogen-bond acceptors (Lipinski definition) is 2. The van der Waals surface area contributed by atoms with Crippen LogP contribution in [0, 0.1) is 11.3 Å². The van der Waals surface area contributed by atoms with Gasteiger partial charge in [0.05, 0.1) is 6.07 Å². The van der Waals surface area contributed by atoms with E-state index >= 15 is 0 Å². The van der Waals surface area contributed by atoms with Crippen LogP contribution in [0.4, 0.5) is 5.69 Å². The van der Waals surface area contributed by atoms with Crippen LogP contribution < -0.4 is 5.48 Å². The molecule has 0 bridgehead atoms. The summed E-state index contributed by atoms with van der Waals surface area (Å²) < 4.78 is 0. The van der Waals surface area contributed by atoms with Crippen molar-refractivity contribution in [1.82, 2.24) is 5.48 Å². The van der Waals surface area contributed by atoms with Gasteiger partial charge in [-0.05, 0) is 53.6 Å². The first-order valence-electron chi connectivity index (χ1n) is 9.81.